The molecule has 0 saturated heterocycles. The molecule has 5 heteroatoms. The zero-order valence-electron chi connectivity index (χ0n) is 20.3. The van der Waals surface area contributed by atoms with E-state index in [1.165, 1.54) is 6.26 Å². The highest BCUT2D eigenvalue weighted by Crippen LogP contribution is 2.45. The van der Waals surface area contributed by atoms with Crippen LogP contribution in [0.15, 0.2) is 126 Å². The number of fused-ring (bicyclic) bond motifs is 2. The van der Waals surface area contributed by atoms with Crippen molar-refractivity contribution in [3.8, 4) is 22.6 Å². The molecule has 1 aromatic heterocycles. The van der Waals surface area contributed by atoms with Crippen LogP contribution < -0.4 is 4.74 Å². The molecule has 186 valence electrons. The summed E-state index contributed by atoms with van der Waals surface area (Å²) in [6, 6.07) is 34.9. The smallest absolute Gasteiger partial charge is 0.321 e. The zero-order chi connectivity index (χ0) is 26.1. The van der Waals surface area contributed by atoms with Gasteiger partial charge >= 0.3 is 5.97 Å². The van der Waals surface area contributed by atoms with Crippen molar-refractivity contribution >= 4 is 27.5 Å². The van der Waals surface area contributed by atoms with Crippen molar-refractivity contribution in [2.45, 2.75) is 12.0 Å². The summed E-state index contributed by atoms with van der Waals surface area (Å²) in [7, 11) is 0. The van der Waals surface area contributed by atoms with Crippen LogP contribution in [0.1, 0.15) is 23.3 Å². The molecular weight excluding hydrogens is 476 g/mol. The molecular formula is C33H24O5. The molecule has 6 rings (SSSR count). The number of phenolic OH excluding ortho intramolecular Hbond substituents is 1. The molecule has 0 aliphatic carbocycles. The Hall–Kier alpha value is -4.87. The Labute approximate surface area is 219 Å². The van der Waals surface area contributed by atoms with Crippen LogP contribution in [-0.4, -0.2) is 16.2 Å². The van der Waals surface area contributed by atoms with Gasteiger partial charge in [0.1, 0.15) is 29.3 Å². The van der Waals surface area contributed by atoms with E-state index in [9.17, 15) is 15.0 Å². The van der Waals surface area contributed by atoms with E-state index < -0.39 is 18.0 Å². The van der Waals surface area contributed by atoms with Crippen LogP contribution in [0.3, 0.4) is 0 Å². The molecule has 0 fully saturated rings. The van der Waals surface area contributed by atoms with Crippen molar-refractivity contribution in [3.05, 3.63) is 133 Å². The molecule has 0 unspecified atom stereocenters. The molecule has 0 spiro atoms. The number of carbonyl (C=O) groups excluding carboxylic acids is 1. The Balaban J connectivity index is 1.52. The van der Waals surface area contributed by atoms with Gasteiger partial charge in [-0.1, -0.05) is 91.0 Å². The Bertz CT molecular complexity index is 1740. The average Bonchev–Trinajstić information content (AvgIpc) is 3.49. The lowest BCUT2D eigenvalue weighted by atomic mass is 9.91. The van der Waals surface area contributed by atoms with E-state index in [0.717, 1.165) is 21.5 Å². The van der Waals surface area contributed by atoms with Crippen LogP contribution in [0.2, 0.25) is 0 Å². The van der Waals surface area contributed by atoms with Crippen molar-refractivity contribution in [1.82, 2.24) is 0 Å². The third-order valence-electron chi connectivity index (χ3n) is 6.82. The van der Waals surface area contributed by atoms with Gasteiger partial charge in [0.25, 0.3) is 0 Å². The maximum absolute atomic E-state index is 13.8. The summed E-state index contributed by atoms with van der Waals surface area (Å²) in [6.45, 7) is 0. The van der Waals surface area contributed by atoms with E-state index in [1.807, 2.05) is 66.7 Å². The highest BCUT2D eigenvalue weighted by Gasteiger charge is 2.34. The third-order valence-corrected chi connectivity index (χ3v) is 6.82. The number of benzene rings is 5. The molecule has 0 bridgehead atoms. The van der Waals surface area contributed by atoms with Gasteiger partial charge in [-0.25, -0.2) is 0 Å². The predicted molar refractivity (Wildman–Crippen MR) is 147 cm³/mol. The van der Waals surface area contributed by atoms with Crippen LogP contribution in [0.5, 0.6) is 11.5 Å². The van der Waals surface area contributed by atoms with Crippen molar-refractivity contribution in [2.24, 2.45) is 0 Å². The van der Waals surface area contributed by atoms with Crippen LogP contribution >= 0.6 is 0 Å². The zero-order valence-corrected chi connectivity index (χ0v) is 20.3. The molecule has 6 aromatic rings. The number of hydrogen-bond acceptors (Lipinski definition) is 5. The second-order valence-electron chi connectivity index (χ2n) is 9.11. The number of ether oxygens (including phenoxy) is 1. The van der Waals surface area contributed by atoms with Crippen LogP contribution in [-0.2, 0) is 4.79 Å². The van der Waals surface area contributed by atoms with E-state index >= 15 is 0 Å². The van der Waals surface area contributed by atoms with Gasteiger partial charge in [0.15, 0.2) is 0 Å². The molecule has 2 N–H and O–H groups in total. The number of rotatable bonds is 6. The normalized spacial score (nSPS) is 12.9. The summed E-state index contributed by atoms with van der Waals surface area (Å²) in [4.78, 5) is 13.8. The first-order chi connectivity index (χ1) is 18.6. The summed E-state index contributed by atoms with van der Waals surface area (Å²) in [5.74, 6) is -1.05. The van der Waals surface area contributed by atoms with E-state index in [4.69, 9.17) is 9.15 Å². The first kappa shape index (κ1) is 23.5. The number of aliphatic hydroxyl groups is 1. The van der Waals surface area contributed by atoms with Gasteiger partial charge in [-0.3, -0.25) is 4.79 Å². The largest absolute Gasteiger partial charge is 0.507 e. The quantitative estimate of drug-likeness (QED) is 0.184. The molecule has 38 heavy (non-hydrogen) atoms. The second-order valence-corrected chi connectivity index (χ2v) is 9.11. The minimum atomic E-state index is -1.25. The van der Waals surface area contributed by atoms with Crippen molar-refractivity contribution in [3.63, 3.8) is 0 Å². The lowest BCUT2D eigenvalue weighted by molar-refractivity contribution is -0.139. The van der Waals surface area contributed by atoms with Gasteiger partial charge in [0.05, 0.1) is 6.26 Å². The highest BCUT2D eigenvalue weighted by atomic mass is 16.5. The molecule has 2 atom stereocenters. The molecule has 1 heterocycles. The molecule has 0 aliphatic heterocycles. The number of aliphatic hydroxyl groups excluding tert-OH is 1. The van der Waals surface area contributed by atoms with Gasteiger partial charge in [-0.05, 0) is 51.4 Å². The topological polar surface area (TPSA) is 79.9 Å². The number of esters is 1. The maximum Gasteiger partial charge on any atom is 0.321 e. The lowest BCUT2D eigenvalue weighted by Gasteiger charge is -2.22. The minimum absolute atomic E-state index is 0.0765. The monoisotopic (exact) mass is 500 g/mol. The summed E-state index contributed by atoms with van der Waals surface area (Å²) in [5, 5.41) is 25.8. The summed E-state index contributed by atoms with van der Waals surface area (Å²) in [5.41, 5.74) is 1.77. The van der Waals surface area contributed by atoms with Crippen LogP contribution in [0.4, 0.5) is 0 Å². The van der Waals surface area contributed by atoms with Gasteiger partial charge in [-0.15, -0.1) is 0 Å². The molecule has 0 aliphatic rings. The number of furan rings is 1. The van der Waals surface area contributed by atoms with E-state index in [-0.39, 0.29) is 17.3 Å². The summed E-state index contributed by atoms with van der Waals surface area (Å²) in [6.07, 6.45) is 0.200. The fourth-order valence-electron chi connectivity index (χ4n) is 5.02. The first-order valence-electron chi connectivity index (χ1n) is 12.3. The number of hydrogen-bond donors (Lipinski definition) is 2. The SMILES string of the molecule is O=C(Oc1ccc2ccccc2c1-c1c(O)ccc2ccccc12)[C@H](c1ccccc1)[C@H](O)c1ccco1. The fourth-order valence-corrected chi connectivity index (χ4v) is 5.02. The Morgan fingerprint density at radius 2 is 1.32 bits per heavy atom. The molecule has 0 amide bonds. The van der Waals surface area contributed by atoms with Gasteiger partial charge < -0.3 is 19.4 Å². The van der Waals surface area contributed by atoms with Crippen molar-refractivity contribution < 1.29 is 24.2 Å². The van der Waals surface area contributed by atoms with Crippen LogP contribution in [0, 0.1) is 0 Å². The fraction of sp³-hybridized carbons (Fsp3) is 0.0606. The second kappa shape index (κ2) is 9.88. The Morgan fingerprint density at radius 1 is 0.684 bits per heavy atom. The number of phenols is 1. The van der Waals surface area contributed by atoms with E-state index in [1.54, 1.807) is 48.5 Å². The van der Waals surface area contributed by atoms with Crippen molar-refractivity contribution in [2.75, 3.05) is 0 Å². The van der Waals surface area contributed by atoms with Crippen molar-refractivity contribution in [1.29, 1.82) is 0 Å². The average molecular weight is 501 g/mol. The Kier molecular flexibility index (Phi) is 6.12. The van der Waals surface area contributed by atoms with Gasteiger partial charge in [0, 0.05) is 11.1 Å². The van der Waals surface area contributed by atoms with Gasteiger partial charge in [0.2, 0.25) is 0 Å². The molecule has 0 radical (unpaired) electrons. The lowest BCUT2D eigenvalue weighted by Crippen LogP contribution is -2.25. The number of carbonyl (C=O) groups is 1. The van der Waals surface area contributed by atoms with E-state index in [0.29, 0.717) is 16.7 Å². The Morgan fingerprint density at radius 3 is 2.00 bits per heavy atom. The standard InChI is InChI=1S/C33H24O5/c34-26-18-16-21-9-4-6-13-24(21)30(26)31-25-14-7-5-10-22(25)17-19-27(31)38-33(36)29(23-11-2-1-3-12-23)32(35)28-15-8-20-37-28/h1-20,29,32,34-35H/t29-,32-/m1/s1. The van der Waals surface area contributed by atoms with Crippen LogP contribution in [0.25, 0.3) is 32.7 Å². The molecule has 5 nitrogen and oxygen atoms in total. The summed E-state index contributed by atoms with van der Waals surface area (Å²) >= 11 is 0. The molecule has 5 aromatic carbocycles. The highest BCUT2D eigenvalue weighted by molar-refractivity contribution is 6.10. The maximum atomic E-state index is 13.8. The molecule has 0 saturated carbocycles. The number of aromatic hydroxyl groups is 1. The summed E-state index contributed by atoms with van der Waals surface area (Å²) < 4.78 is 11.5. The van der Waals surface area contributed by atoms with E-state index in [2.05, 4.69) is 0 Å². The minimum Gasteiger partial charge on any atom is -0.507 e. The predicted octanol–water partition coefficient (Wildman–Crippen LogP) is 7.38. The third kappa shape index (κ3) is 4.19. The first-order valence-corrected chi connectivity index (χ1v) is 12.3. The van der Waals surface area contributed by atoms with Gasteiger partial charge in [-0.2, -0.15) is 0 Å².